The van der Waals surface area contributed by atoms with Crippen molar-refractivity contribution in [2.45, 2.75) is 38.9 Å². The third kappa shape index (κ3) is 1.80. The second-order valence-electron chi connectivity index (χ2n) is 4.56. The maximum absolute atomic E-state index is 10.6. The van der Waals surface area contributed by atoms with E-state index in [1.165, 1.54) is 11.1 Å². The van der Waals surface area contributed by atoms with Crippen LogP contribution in [-0.4, -0.2) is 17.8 Å². The van der Waals surface area contributed by atoms with Gasteiger partial charge in [0.2, 0.25) is 0 Å². The van der Waals surface area contributed by atoms with Gasteiger partial charge in [-0.15, -0.1) is 0 Å². The minimum absolute atomic E-state index is 0.112. The molecular weight excluding hydrogens is 188 g/mol. The van der Waals surface area contributed by atoms with Crippen LogP contribution in [0, 0.1) is 13.8 Å². The van der Waals surface area contributed by atoms with Crippen LogP contribution in [0.5, 0.6) is 0 Å². The SMILES string of the molecule is Cc1cc(C)cc(C2(O)CCOC2C)c1. The molecule has 0 aliphatic carbocycles. The Balaban J connectivity index is 2.44. The normalized spacial score (nSPS) is 30.8. The Bertz CT molecular complexity index is 353. The largest absolute Gasteiger partial charge is 0.382 e. The molecule has 1 aliphatic rings. The molecule has 0 bridgehead atoms. The van der Waals surface area contributed by atoms with Gasteiger partial charge in [0.15, 0.2) is 0 Å². The highest BCUT2D eigenvalue weighted by atomic mass is 16.5. The summed E-state index contributed by atoms with van der Waals surface area (Å²) in [5, 5.41) is 10.6. The standard InChI is InChI=1S/C13H18O2/c1-9-6-10(2)8-12(7-9)13(14)4-5-15-11(13)3/h6-8,11,14H,4-5H2,1-3H3. The van der Waals surface area contributed by atoms with E-state index in [9.17, 15) is 5.11 Å². The lowest BCUT2D eigenvalue weighted by Gasteiger charge is -2.27. The zero-order chi connectivity index (χ0) is 11.1. The molecule has 1 saturated heterocycles. The van der Waals surface area contributed by atoms with Gasteiger partial charge in [0, 0.05) is 6.42 Å². The monoisotopic (exact) mass is 206 g/mol. The first-order valence-electron chi connectivity index (χ1n) is 5.45. The number of aliphatic hydroxyl groups is 1. The summed E-state index contributed by atoms with van der Waals surface area (Å²) in [6.07, 6.45) is 0.579. The van der Waals surface area contributed by atoms with Gasteiger partial charge in [-0.05, 0) is 26.3 Å². The highest BCUT2D eigenvalue weighted by molar-refractivity contribution is 5.33. The Hall–Kier alpha value is -0.860. The summed E-state index contributed by atoms with van der Waals surface area (Å²) in [6, 6.07) is 6.23. The fraction of sp³-hybridized carbons (Fsp3) is 0.538. The van der Waals surface area contributed by atoms with Crippen LogP contribution < -0.4 is 0 Å². The first-order chi connectivity index (χ1) is 7.02. The summed E-state index contributed by atoms with van der Waals surface area (Å²) in [7, 11) is 0. The van der Waals surface area contributed by atoms with E-state index in [1.54, 1.807) is 0 Å². The topological polar surface area (TPSA) is 29.5 Å². The third-order valence-corrected chi connectivity index (χ3v) is 3.25. The van der Waals surface area contributed by atoms with Crippen molar-refractivity contribution in [3.8, 4) is 0 Å². The average Bonchev–Trinajstić information content (AvgIpc) is 2.47. The van der Waals surface area contributed by atoms with Crippen molar-refractivity contribution in [1.82, 2.24) is 0 Å². The van der Waals surface area contributed by atoms with Gasteiger partial charge in [0.05, 0.1) is 12.7 Å². The van der Waals surface area contributed by atoms with Crippen LogP contribution in [-0.2, 0) is 10.3 Å². The molecule has 1 aromatic rings. The molecule has 2 nitrogen and oxygen atoms in total. The number of hydrogen-bond donors (Lipinski definition) is 1. The second-order valence-corrected chi connectivity index (χ2v) is 4.56. The Labute approximate surface area is 90.9 Å². The van der Waals surface area contributed by atoms with E-state index in [0.29, 0.717) is 13.0 Å². The number of hydrogen-bond acceptors (Lipinski definition) is 2. The van der Waals surface area contributed by atoms with E-state index in [4.69, 9.17) is 4.74 Å². The lowest BCUT2D eigenvalue weighted by molar-refractivity contribution is -0.0317. The molecular formula is C13H18O2. The van der Waals surface area contributed by atoms with Gasteiger partial charge < -0.3 is 9.84 Å². The molecule has 2 heteroatoms. The predicted octanol–water partition coefficient (Wildman–Crippen LogP) is 2.30. The fourth-order valence-corrected chi connectivity index (χ4v) is 2.34. The Morgan fingerprint density at radius 2 is 1.87 bits per heavy atom. The number of aryl methyl sites for hydroxylation is 2. The zero-order valence-electron chi connectivity index (χ0n) is 9.58. The van der Waals surface area contributed by atoms with Crippen LogP contribution in [0.2, 0.25) is 0 Å². The van der Waals surface area contributed by atoms with Crippen molar-refractivity contribution in [1.29, 1.82) is 0 Å². The Kier molecular flexibility index (Phi) is 2.57. The maximum atomic E-state index is 10.6. The molecule has 0 amide bonds. The van der Waals surface area contributed by atoms with Crippen LogP contribution >= 0.6 is 0 Å². The molecule has 15 heavy (non-hydrogen) atoms. The van der Waals surface area contributed by atoms with E-state index in [0.717, 1.165) is 5.56 Å². The van der Waals surface area contributed by atoms with Gasteiger partial charge >= 0.3 is 0 Å². The molecule has 0 aromatic heterocycles. The van der Waals surface area contributed by atoms with E-state index < -0.39 is 5.60 Å². The highest BCUT2D eigenvalue weighted by Gasteiger charge is 2.41. The summed E-state index contributed by atoms with van der Waals surface area (Å²) in [6.45, 7) is 6.69. The summed E-state index contributed by atoms with van der Waals surface area (Å²) in [4.78, 5) is 0. The van der Waals surface area contributed by atoms with Gasteiger partial charge in [-0.1, -0.05) is 29.3 Å². The summed E-state index contributed by atoms with van der Waals surface area (Å²) < 4.78 is 5.45. The first-order valence-corrected chi connectivity index (χ1v) is 5.45. The van der Waals surface area contributed by atoms with Crippen LogP contribution in [0.4, 0.5) is 0 Å². The first kappa shape index (κ1) is 10.7. The van der Waals surface area contributed by atoms with Crippen LogP contribution in [0.3, 0.4) is 0 Å². The van der Waals surface area contributed by atoms with Crippen molar-refractivity contribution in [2.24, 2.45) is 0 Å². The number of ether oxygens (including phenoxy) is 1. The fourth-order valence-electron chi connectivity index (χ4n) is 2.34. The lowest BCUT2D eigenvalue weighted by Crippen LogP contribution is -2.33. The van der Waals surface area contributed by atoms with Crippen molar-refractivity contribution < 1.29 is 9.84 Å². The minimum Gasteiger partial charge on any atom is -0.382 e. The van der Waals surface area contributed by atoms with Crippen molar-refractivity contribution in [3.05, 3.63) is 34.9 Å². The minimum atomic E-state index is -0.795. The molecule has 2 atom stereocenters. The predicted molar refractivity (Wildman–Crippen MR) is 59.8 cm³/mol. The van der Waals surface area contributed by atoms with Crippen molar-refractivity contribution >= 4 is 0 Å². The van der Waals surface area contributed by atoms with Gasteiger partial charge in [0.25, 0.3) is 0 Å². The molecule has 1 aliphatic heterocycles. The maximum Gasteiger partial charge on any atom is 0.118 e. The van der Waals surface area contributed by atoms with Crippen LogP contribution in [0.1, 0.15) is 30.0 Å². The smallest absolute Gasteiger partial charge is 0.118 e. The Morgan fingerprint density at radius 3 is 2.33 bits per heavy atom. The summed E-state index contributed by atoms with van der Waals surface area (Å²) in [5.41, 5.74) is 2.58. The molecule has 0 saturated carbocycles. The second kappa shape index (κ2) is 3.62. The van der Waals surface area contributed by atoms with Gasteiger partial charge in [-0.3, -0.25) is 0 Å². The van der Waals surface area contributed by atoms with Crippen LogP contribution in [0.25, 0.3) is 0 Å². The molecule has 0 spiro atoms. The van der Waals surface area contributed by atoms with E-state index >= 15 is 0 Å². The molecule has 2 rings (SSSR count). The van der Waals surface area contributed by atoms with Gasteiger partial charge in [-0.25, -0.2) is 0 Å². The summed E-state index contributed by atoms with van der Waals surface area (Å²) in [5.74, 6) is 0. The molecule has 0 radical (unpaired) electrons. The molecule has 1 N–H and O–H groups in total. The highest BCUT2D eigenvalue weighted by Crippen LogP contribution is 2.36. The quantitative estimate of drug-likeness (QED) is 0.764. The molecule has 1 fully saturated rings. The number of rotatable bonds is 1. The van der Waals surface area contributed by atoms with E-state index in [-0.39, 0.29) is 6.10 Å². The molecule has 82 valence electrons. The lowest BCUT2D eigenvalue weighted by atomic mass is 9.86. The van der Waals surface area contributed by atoms with Crippen molar-refractivity contribution in [2.75, 3.05) is 6.61 Å². The van der Waals surface area contributed by atoms with Crippen molar-refractivity contribution in [3.63, 3.8) is 0 Å². The third-order valence-electron chi connectivity index (χ3n) is 3.25. The van der Waals surface area contributed by atoms with Crippen LogP contribution in [0.15, 0.2) is 18.2 Å². The molecule has 1 heterocycles. The average molecular weight is 206 g/mol. The molecule has 1 aromatic carbocycles. The molecule has 2 unspecified atom stereocenters. The van der Waals surface area contributed by atoms with Gasteiger partial charge in [-0.2, -0.15) is 0 Å². The van der Waals surface area contributed by atoms with E-state index in [1.807, 2.05) is 6.92 Å². The van der Waals surface area contributed by atoms with Gasteiger partial charge in [0.1, 0.15) is 5.60 Å². The number of benzene rings is 1. The summed E-state index contributed by atoms with van der Waals surface area (Å²) >= 11 is 0. The Morgan fingerprint density at radius 1 is 1.27 bits per heavy atom. The zero-order valence-corrected chi connectivity index (χ0v) is 9.58. The van der Waals surface area contributed by atoms with E-state index in [2.05, 4.69) is 32.0 Å².